The van der Waals surface area contributed by atoms with Crippen LogP contribution in [0.1, 0.15) is 5.01 Å². The maximum atomic E-state index is 12.3. The van der Waals surface area contributed by atoms with Gasteiger partial charge in [0, 0.05) is 29.6 Å². The fraction of sp³-hybridized carbons (Fsp3) is 0.214. The van der Waals surface area contributed by atoms with E-state index in [2.05, 4.69) is 9.97 Å². The van der Waals surface area contributed by atoms with E-state index in [1.165, 1.54) is 0 Å². The largest absolute Gasteiger partial charge is 0.298 e. The number of hydrogen-bond acceptors (Lipinski definition) is 5. The van der Waals surface area contributed by atoms with Crippen molar-refractivity contribution in [1.82, 2.24) is 14.5 Å². The van der Waals surface area contributed by atoms with Crippen molar-refractivity contribution in [1.29, 1.82) is 0 Å². The summed E-state index contributed by atoms with van der Waals surface area (Å²) in [5.41, 5.74) is 0.787. The normalized spacial score (nSPS) is 11.0. The second-order valence-electron chi connectivity index (χ2n) is 4.24. The molecule has 0 fully saturated rings. The summed E-state index contributed by atoms with van der Waals surface area (Å²) < 4.78 is 1.68. The molecule has 4 nitrogen and oxygen atoms in total. The van der Waals surface area contributed by atoms with E-state index in [0.29, 0.717) is 11.9 Å². The van der Waals surface area contributed by atoms with Gasteiger partial charge in [0.2, 0.25) is 0 Å². The van der Waals surface area contributed by atoms with Gasteiger partial charge in [-0.15, -0.1) is 11.3 Å². The minimum absolute atomic E-state index is 0.0328. The quantitative estimate of drug-likeness (QED) is 0.680. The van der Waals surface area contributed by atoms with Crippen molar-refractivity contribution in [2.45, 2.75) is 12.3 Å². The maximum Gasteiger partial charge on any atom is 0.261 e. The molecule has 6 heteroatoms. The molecule has 102 valence electrons. The highest BCUT2D eigenvalue weighted by molar-refractivity contribution is 7.98. The van der Waals surface area contributed by atoms with Crippen LogP contribution < -0.4 is 5.56 Å². The van der Waals surface area contributed by atoms with Crippen LogP contribution in [0.2, 0.25) is 0 Å². The van der Waals surface area contributed by atoms with E-state index in [4.69, 9.17) is 0 Å². The number of benzene rings is 1. The van der Waals surface area contributed by atoms with Crippen LogP contribution in [0.4, 0.5) is 0 Å². The van der Waals surface area contributed by atoms with Crippen LogP contribution in [-0.4, -0.2) is 20.3 Å². The lowest BCUT2D eigenvalue weighted by molar-refractivity contribution is 0.725. The van der Waals surface area contributed by atoms with Crippen LogP contribution in [0.15, 0.2) is 47.0 Å². The van der Waals surface area contributed by atoms with Crippen molar-refractivity contribution < 1.29 is 0 Å². The first-order valence-electron chi connectivity index (χ1n) is 6.25. The van der Waals surface area contributed by atoms with E-state index >= 15 is 0 Å². The van der Waals surface area contributed by atoms with Crippen molar-refractivity contribution in [3.8, 4) is 0 Å². The molecule has 0 bridgehead atoms. The van der Waals surface area contributed by atoms with E-state index in [-0.39, 0.29) is 5.56 Å². The summed E-state index contributed by atoms with van der Waals surface area (Å²) in [5, 5.41) is 3.78. The van der Waals surface area contributed by atoms with E-state index in [1.807, 2.05) is 35.8 Å². The predicted molar refractivity (Wildman–Crippen MR) is 84.3 cm³/mol. The zero-order chi connectivity index (χ0) is 13.8. The van der Waals surface area contributed by atoms with Crippen LogP contribution in [0.25, 0.3) is 10.9 Å². The first-order valence-corrected chi connectivity index (χ1v) is 8.28. The number of nitrogens with zero attached hydrogens (tertiary/aromatic N) is 3. The molecule has 0 N–H and O–H groups in total. The van der Waals surface area contributed by atoms with Gasteiger partial charge in [-0.3, -0.25) is 9.36 Å². The Kier molecular flexibility index (Phi) is 4.13. The van der Waals surface area contributed by atoms with Crippen LogP contribution >= 0.6 is 23.1 Å². The first kappa shape index (κ1) is 13.3. The third-order valence-electron chi connectivity index (χ3n) is 2.92. The number of fused-ring (bicyclic) bond motifs is 1. The number of thiazole rings is 1. The molecule has 2 aromatic heterocycles. The van der Waals surface area contributed by atoms with Crippen LogP contribution in [0, 0.1) is 0 Å². The molecule has 0 aliphatic carbocycles. The number of rotatable bonds is 5. The van der Waals surface area contributed by atoms with Gasteiger partial charge in [0.1, 0.15) is 5.01 Å². The molecule has 0 amide bonds. The zero-order valence-corrected chi connectivity index (χ0v) is 12.4. The van der Waals surface area contributed by atoms with Crippen molar-refractivity contribution in [3.05, 3.63) is 57.5 Å². The Balaban J connectivity index is 1.66. The van der Waals surface area contributed by atoms with Gasteiger partial charge >= 0.3 is 0 Å². The standard InChI is InChI=1S/C14H13N3OS2/c18-14-11-3-1-2-4-12(11)16-10-17(14)6-8-19-9-13-15-5-7-20-13/h1-5,7,10H,6,8-9H2. The Morgan fingerprint density at radius 2 is 2.15 bits per heavy atom. The van der Waals surface area contributed by atoms with Crippen LogP contribution in [-0.2, 0) is 12.3 Å². The SMILES string of the molecule is O=c1c2ccccc2ncn1CCSCc1nccs1. The van der Waals surface area contributed by atoms with Crippen molar-refractivity contribution in [2.24, 2.45) is 0 Å². The van der Waals surface area contributed by atoms with Gasteiger partial charge in [0.25, 0.3) is 5.56 Å². The third kappa shape index (κ3) is 2.91. The summed E-state index contributed by atoms with van der Waals surface area (Å²) in [6, 6.07) is 7.44. The molecule has 0 saturated carbocycles. The smallest absolute Gasteiger partial charge is 0.261 e. The van der Waals surface area contributed by atoms with E-state index in [9.17, 15) is 4.79 Å². The molecule has 0 spiro atoms. The van der Waals surface area contributed by atoms with Gasteiger partial charge < -0.3 is 0 Å². The number of thioether (sulfide) groups is 1. The average Bonchev–Trinajstić information content (AvgIpc) is 2.99. The Morgan fingerprint density at radius 1 is 1.25 bits per heavy atom. The summed E-state index contributed by atoms with van der Waals surface area (Å²) in [6.07, 6.45) is 3.45. The predicted octanol–water partition coefficient (Wildman–Crippen LogP) is 2.79. The van der Waals surface area contributed by atoms with E-state index in [0.717, 1.165) is 22.0 Å². The molecular weight excluding hydrogens is 290 g/mol. The fourth-order valence-electron chi connectivity index (χ4n) is 1.91. The molecule has 3 rings (SSSR count). The zero-order valence-electron chi connectivity index (χ0n) is 10.7. The molecule has 0 aliphatic rings. The molecule has 3 aromatic rings. The molecular formula is C14H13N3OS2. The van der Waals surface area contributed by atoms with Crippen LogP contribution in [0.3, 0.4) is 0 Å². The second kappa shape index (κ2) is 6.19. The van der Waals surface area contributed by atoms with Gasteiger partial charge in [-0.25, -0.2) is 9.97 Å². The number of aromatic nitrogens is 3. The Morgan fingerprint density at radius 3 is 3.00 bits per heavy atom. The summed E-state index contributed by atoms with van der Waals surface area (Å²) in [4.78, 5) is 20.8. The van der Waals surface area contributed by atoms with Gasteiger partial charge in [0.15, 0.2) is 0 Å². The number of aryl methyl sites for hydroxylation is 1. The van der Waals surface area contributed by atoms with Gasteiger partial charge in [-0.05, 0) is 12.1 Å². The highest BCUT2D eigenvalue weighted by Crippen LogP contribution is 2.14. The topological polar surface area (TPSA) is 47.8 Å². The molecule has 20 heavy (non-hydrogen) atoms. The average molecular weight is 303 g/mol. The van der Waals surface area contributed by atoms with E-state index in [1.54, 1.807) is 34.0 Å². The lowest BCUT2D eigenvalue weighted by atomic mass is 10.2. The molecule has 0 radical (unpaired) electrons. The lowest BCUT2D eigenvalue weighted by Gasteiger charge is -2.05. The minimum atomic E-state index is 0.0328. The molecule has 0 unspecified atom stereocenters. The van der Waals surface area contributed by atoms with Gasteiger partial charge in [-0.2, -0.15) is 11.8 Å². The summed E-state index contributed by atoms with van der Waals surface area (Å²) >= 11 is 3.44. The van der Waals surface area contributed by atoms with Crippen molar-refractivity contribution >= 4 is 34.0 Å². The first-order chi connectivity index (χ1) is 9.84. The highest BCUT2D eigenvalue weighted by atomic mass is 32.2. The Labute approximate surface area is 124 Å². The van der Waals surface area contributed by atoms with E-state index < -0.39 is 0 Å². The van der Waals surface area contributed by atoms with Gasteiger partial charge in [0.05, 0.1) is 17.2 Å². The monoisotopic (exact) mass is 303 g/mol. The highest BCUT2D eigenvalue weighted by Gasteiger charge is 2.03. The molecule has 0 saturated heterocycles. The summed E-state index contributed by atoms with van der Waals surface area (Å²) in [5.74, 6) is 1.77. The van der Waals surface area contributed by atoms with Crippen molar-refractivity contribution in [3.63, 3.8) is 0 Å². The lowest BCUT2D eigenvalue weighted by Crippen LogP contribution is -2.21. The van der Waals surface area contributed by atoms with Gasteiger partial charge in [-0.1, -0.05) is 12.1 Å². The maximum absolute atomic E-state index is 12.3. The molecule has 0 aliphatic heterocycles. The van der Waals surface area contributed by atoms with Crippen molar-refractivity contribution in [2.75, 3.05) is 5.75 Å². The number of hydrogen-bond donors (Lipinski definition) is 0. The summed E-state index contributed by atoms with van der Waals surface area (Å²) in [6.45, 7) is 0.673. The Hall–Kier alpha value is -1.66. The third-order valence-corrected chi connectivity index (χ3v) is 4.83. The molecule has 1 aromatic carbocycles. The fourth-order valence-corrected chi connectivity index (χ4v) is 3.55. The Bertz CT molecular complexity index is 752. The summed E-state index contributed by atoms with van der Waals surface area (Å²) in [7, 11) is 0. The second-order valence-corrected chi connectivity index (χ2v) is 6.32. The van der Waals surface area contributed by atoms with Crippen LogP contribution in [0.5, 0.6) is 0 Å². The molecule has 0 atom stereocenters. The molecule has 2 heterocycles. The minimum Gasteiger partial charge on any atom is -0.298 e. The number of para-hydroxylation sites is 1.